The van der Waals surface area contributed by atoms with Gasteiger partial charge in [0.2, 0.25) is 5.91 Å². The van der Waals surface area contributed by atoms with Gasteiger partial charge in [-0.25, -0.2) is 4.98 Å². The maximum absolute atomic E-state index is 12.1. The second-order valence-electron chi connectivity index (χ2n) is 5.08. The summed E-state index contributed by atoms with van der Waals surface area (Å²) in [6.45, 7) is 1.55. The summed E-state index contributed by atoms with van der Waals surface area (Å²) in [4.78, 5) is 30.2. The van der Waals surface area contributed by atoms with Crippen LogP contribution < -0.4 is 0 Å². The van der Waals surface area contributed by atoms with Crippen LogP contribution in [0.25, 0.3) is 10.9 Å². The number of hydrogen-bond acceptors (Lipinski definition) is 3. The van der Waals surface area contributed by atoms with Crippen LogP contribution in [0.15, 0.2) is 36.4 Å². The van der Waals surface area contributed by atoms with Crippen LogP contribution in [0.5, 0.6) is 0 Å². The van der Waals surface area contributed by atoms with Crippen LogP contribution in [0.3, 0.4) is 0 Å². The normalized spacial score (nSPS) is 14.7. The minimum Gasteiger partial charge on any atom is -0.342 e. The fraction of sp³-hybridized carbons (Fsp3) is 0.312. The first-order valence-electron chi connectivity index (χ1n) is 6.91. The lowest BCUT2D eigenvalue weighted by Crippen LogP contribution is -2.29. The molecule has 0 unspecified atom stereocenters. The fourth-order valence-electron chi connectivity index (χ4n) is 2.53. The number of aromatic nitrogens is 1. The molecule has 0 aliphatic carbocycles. The standard InChI is InChI=1S/C16H16N2O2/c19-15(11-16(20)18-9-3-4-10-18)14-8-7-12-5-1-2-6-13(12)17-14/h1-2,5-8H,3-4,9-11H2. The molecule has 0 saturated carbocycles. The minimum atomic E-state index is -0.201. The Balaban J connectivity index is 1.76. The molecule has 102 valence electrons. The zero-order chi connectivity index (χ0) is 13.9. The number of benzene rings is 1. The van der Waals surface area contributed by atoms with Gasteiger partial charge in [-0.05, 0) is 25.0 Å². The van der Waals surface area contributed by atoms with Crippen LogP contribution in [-0.2, 0) is 4.79 Å². The van der Waals surface area contributed by atoms with E-state index >= 15 is 0 Å². The molecule has 1 amide bonds. The van der Waals surface area contributed by atoms with Crippen molar-refractivity contribution in [3.63, 3.8) is 0 Å². The number of amides is 1. The van der Waals surface area contributed by atoms with Crippen LogP contribution in [0.4, 0.5) is 0 Å². The van der Waals surface area contributed by atoms with E-state index in [2.05, 4.69) is 4.98 Å². The maximum atomic E-state index is 12.1. The molecule has 4 nitrogen and oxygen atoms in total. The molecular formula is C16H16N2O2. The van der Waals surface area contributed by atoms with Gasteiger partial charge in [-0.1, -0.05) is 24.3 Å². The monoisotopic (exact) mass is 268 g/mol. The third-order valence-corrected chi connectivity index (χ3v) is 3.65. The zero-order valence-corrected chi connectivity index (χ0v) is 11.2. The highest BCUT2D eigenvalue weighted by Crippen LogP contribution is 2.14. The van der Waals surface area contributed by atoms with E-state index in [0.717, 1.165) is 36.8 Å². The lowest BCUT2D eigenvalue weighted by molar-refractivity contribution is -0.129. The summed E-state index contributed by atoms with van der Waals surface area (Å²) >= 11 is 0. The van der Waals surface area contributed by atoms with Gasteiger partial charge in [0.25, 0.3) is 0 Å². The molecule has 0 radical (unpaired) electrons. The summed E-state index contributed by atoms with van der Waals surface area (Å²) < 4.78 is 0. The number of pyridine rings is 1. The van der Waals surface area contributed by atoms with Crippen LogP contribution in [0.1, 0.15) is 29.8 Å². The van der Waals surface area contributed by atoms with E-state index in [1.165, 1.54) is 0 Å². The minimum absolute atomic E-state index is 0.0780. The summed E-state index contributed by atoms with van der Waals surface area (Å²) in [5, 5.41) is 0.995. The number of hydrogen-bond donors (Lipinski definition) is 0. The molecule has 0 spiro atoms. The molecule has 1 aliphatic rings. The molecule has 0 bridgehead atoms. The molecule has 1 saturated heterocycles. The van der Waals surface area contributed by atoms with Gasteiger partial charge in [0.05, 0.1) is 11.9 Å². The quantitative estimate of drug-likeness (QED) is 0.634. The Morgan fingerprint density at radius 3 is 2.60 bits per heavy atom. The molecule has 0 atom stereocenters. The predicted molar refractivity (Wildman–Crippen MR) is 76.5 cm³/mol. The Labute approximate surface area is 117 Å². The first kappa shape index (κ1) is 12.8. The largest absolute Gasteiger partial charge is 0.342 e. The second-order valence-corrected chi connectivity index (χ2v) is 5.08. The van der Waals surface area contributed by atoms with E-state index in [1.54, 1.807) is 11.0 Å². The number of Topliss-reactive ketones (excluding diaryl/α,β-unsaturated/α-hetero) is 1. The lowest BCUT2D eigenvalue weighted by Gasteiger charge is -2.14. The van der Waals surface area contributed by atoms with Crippen LogP contribution in [-0.4, -0.2) is 34.7 Å². The highest BCUT2D eigenvalue weighted by Gasteiger charge is 2.21. The van der Waals surface area contributed by atoms with Gasteiger partial charge < -0.3 is 4.90 Å². The number of rotatable bonds is 3. The maximum Gasteiger partial charge on any atom is 0.230 e. The summed E-state index contributed by atoms with van der Waals surface area (Å²) in [6.07, 6.45) is 1.99. The van der Waals surface area contributed by atoms with E-state index in [0.29, 0.717) is 5.69 Å². The topological polar surface area (TPSA) is 50.3 Å². The first-order valence-corrected chi connectivity index (χ1v) is 6.91. The van der Waals surface area contributed by atoms with Crippen LogP contribution in [0, 0.1) is 0 Å². The molecule has 1 aliphatic heterocycles. The highest BCUT2D eigenvalue weighted by atomic mass is 16.2. The van der Waals surface area contributed by atoms with Crippen molar-refractivity contribution in [3.8, 4) is 0 Å². The number of para-hydroxylation sites is 1. The lowest BCUT2D eigenvalue weighted by atomic mass is 10.1. The number of likely N-dealkylation sites (tertiary alicyclic amines) is 1. The van der Waals surface area contributed by atoms with Gasteiger partial charge in [-0.2, -0.15) is 0 Å². The van der Waals surface area contributed by atoms with Crippen LogP contribution >= 0.6 is 0 Å². The molecule has 0 N–H and O–H groups in total. The molecule has 4 heteroatoms. The summed E-state index contributed by atoms with van der Waals surface area (Å²) in [6, 6.07) is 11.2. The summed E-state index contributed by atoms with van der Waals surface area (Å²) in [7, 11) is 0. The Bertz CT molecular complexity index is 660. The van der Waals surface area contributed by atoms with E-state index in [1.807, 2.05) is 30.3 Å². The van der Waals surface area contributed by atoms with E-state index in [9.17, 15) is 9.59 Å². The Kier molecular flexibility index (Phi) is 3.46. The number of fused-ring (bicyclic) bond motifs is 1. The first-order chi connectivity index (χ1) is 9.74. The molecule has 1 aromatic heterocycles. The third kappa shape index (κ3) is 2.54. The van der Waals surface area contributed by atoms with Crippen molar-refractivity contribution in [2.45, 2.75) is 19.3 Å². The predicted octanol–water partition coefficient (Wildman–Crippen LogP) is 2.43. The number of carbonyl (C=O) groups is 2. The van der Waals surface area contributed by atoms with Gasteiger partial charge in [0.15, 0.2) is 5.78 Å². The number of ketones is 1. The molecule has 3 rings (SSSR count). The zero-order valence-electron chi connectivity index (χ0n) is 11.2. The molecule has 1 fully saturated rings. The van der Waals surface area contributed by atoms with E-state index in [4.69, 9.17) is 0 Å². The molecule has 20 heavy (non-hydrogen) atoms. The van der Waals surface area contributed by atoms with Crippen molar-refractivity contribution >= 4 is 22.6 Å². The van der Waals surface area contributed by atoms with Crippen molar-refractivity contribution in [3.05, 3.63) is 42.1 Å². The average molecular weight is 268 g/mol. The molecule has 2 heterocycles. The Morgan fingerprint density at radius 2 is 1.80 bits per heavy atom. The third-order valence-electron chi connectivity index (χ3n) is 3.65. The van der Waals surface area contributed by atoms with Crippen molar-refractivity contribution in [1.82, 2.24) is 9.88 Å². The van der Waals surface area contributed by atoms with Gasteiger partial charge in [0.1, 0.15) is 5.69 Å². The van der Waals surface area contributed by atoms with Gasteiger partial charge >= 0.3 is 0 Å². The fourth-order valence-corrected chi connectivity index (χ4v) is 2.53. The van der Waals surface area contributed by atoms with Crippen molar-refractivity contribution < 1.29 is 9.59 Å². The number of carbonyl (C=O) groups excluding carboxylic acids is 2. The summed E-state index contributed by atoms with van der Waals surface area (Å²) in [5.41, 5.74) is 1.16. The van der Waals surface area contributed by atoms with Gasteiger partial charge in [-0.15, -0.1) is 0 Å². The van der Waals surface area contributed by atoms with Crippen molar-refractivity contribution in [1.29, 1.82) is 0 Å². The summed E-state index contributed by atoms with van der Waals surface area (Å²) in [5.74, 6) is -0.282. The van der Waals surface area contributed by atoms with Gasteiger partial charge in [0, 0.05) is 18.5 Å². The van der Waals surface area contributed by atoms with E-state index in [-0.39, 0.29) is 18.1 Å². The Morgan fingerprint density at radius 1 is 1.05 bits per heavy atom. The number of nitrogens with zero attached hydrogens (tertiary/aromatic N) is 2. The SMILES string of the molecule is O=C(CC(=O)N1CCCC1)c1ccc2ccccc2n1. The average Bonchev–Trinajstić information content (AvgIpc) is 3.01. The molecule has 2 aromatic rings. The smallest absolute Gasteiger partial charge is 0.230 e. The van der Waals surface area contributed by atoms with Crippen LogP contribution in [0.2, 0.25) is 0 Å². The van der Waals surface area contributed by atoms with E-state index < -0.39 is 0 Å². The second kappa shape index (κ2) is 5.41. The molecular weight excluding hydrogens is 252 g/mol. The molecule has 1 aromatic carbocycles. The highest BCUT2D eigenvalue weighted by molar-refractivity contribution is 6.07. The van der Waals surface area contributed by atoms with Crippen molar-refractivity contribution in [2.24, 2.45) is 0 Å². The van der Waals surface area contributed by atoms with Crippen molar-refractivity contribution in [2.75, 3.05) is 13.1 Å². The Hall–Kier alpha value is -2.23. The van der Waals surface area contributed by atoms with Gasteiger partial charge in [-0.3, -0.25) is 9.59 Å².